The summed E-state index contributed by atoms with van der Waals surface area (Å²) in [4.78, 5) is 15.0. The summed E-state index contributed by atoms with van der Waals surface area (Å²) >= 11 is 2.19. The predicted molar refractivity (Wildman–Crippen MR) is 119 cm³/mol. The van der Waals surface area contributed by atoms with Gasteiger partial charge in [0.2, 0.25) is 5.91 Å². The monoisotopic (exact) mass is 420 g/mol. The molecule has 3 unspecified atom stereocenters. The molecule has 1 amide bonds. The van der Waals surface area contributed by atoms with Crippen LogP contribution in [0, 0.1) is 5.41 Å². The molecule has 4 aliphatic rings. The average Bonchev–Trinajstić information content (AvgIpc) is 3.19. The molecular weight excluding hydrogens is 388 g/mol. The Hall–Kier alpha value is -0.710. The lowest BCUT2D eigenvalue weighted by Gasteiger charge is -2.33. The molecule has 0 aromatic heterocycles. The van der Waals surface area contributed by atoms with Crippen molar-refractivity contribution >= 4 is 30.1 Å². The number of primary amides is 1. The van der Waals surface area contributed by atoms with E-state index in [-0.39, 0.29) is 29.8 Å². The largest absolute Gasteiger partial charge is 0.368 e. The Bertz CT molecular complexity index is 720. The van der Waals surface area contributed by atoms with Gasteiger partial charge in [-0.15, -0.1) is 24.2 Å². The number of carbonyl (C=O) groups is 1. The van der Waals surface area contributed by atoms with Crippen LogP contribution in [0.5, 0.6) is 0 Å². The molecule has 3 fully saturated rings. The number of rotatable bonds is 2. The maximum Gasteiger partial charge on any atom is 0.235 e. The summed E-state index contributed by atoms with van der Waals surface area (Å²) in [6, 6.07) is 9.11. The number of thioether (sulfide) groups is 1. The van der Waals surface area contributed by atoms with Gasteiger partial charge in [-0.1, -0.05) is 37.1 Å². The van der Waals surface area contributed by atoms with E-state index in [1.807, 2.05) is 0 Å². The van der Waals surface area contributed by atoms with Crippen LogP contribution in [0.15, 0.2) is 24.3 Å². The molecule has 1 saturated carbocycles. The number of carbonyl (C=O) groups excluding carboxylic acids is 1. The summed E-state index contributed by atoms with van der Waals surface area (Å²) in [7, 11) is 0. The molecule has 1 aromatic rings. The fourth-order valence-corrected chi connectivity index (χ4v) is 8.72. The molecule has 2 heterocycles. The second-order valence-corrected chi connectivity index (χ2v) is 10.7. The highest BCUT2D eigenvalue weighted by Gasteiger charge is 2.56. The van der Waals surface area contributed by atoms with E-state index in [0.29, 0.717) is 16.5 Å². The normalized spacial score (nSPS) is 34.3. The van der Waals surface area contributed by atoms with Gasteiger partial charge in [-0.3, -0.25) is 9.69 Å². The number of nitrogens with zero attached hydrogens (tertiary/aromatic N) is 1. The zero-order valence-corrected chi connectivity index (χ0v) is 18.3. The van der Waals surface area contributed by atoms with Crippen molar-refractivity contribution < 1.29 is 4.79 Å². The second kappa shape index (κ2) is 8.20. The molecule has 1 spiro atoms. The molecule has 28 heavy (non-hydrogen) atoms. The Balaban J connectivity index is 0.00000192. The van der Waals surface area contributed by atoms with E-state index in [2.05, 4.69) is 40.9 Å². The highest BCUT2D eigenvalue weighted by molar-refractivity contribution is 8.00. The summed E-state index contributed by atoms with van der Waals surface area (Å²) in [5.74, 6) is 0.619. The van der Waals surface area contributed by atoms with Gasteiger partial charge in [-0.25, -0.2) is 0 Å². The Morgan fingerprint density at radius 3 is 2.68 bits per heavy atom. The highest BCUT2D eigenvalue weighted by Crippen LogP contribution is 2.57. The third-order valence-electron chi connectivity index (χ3n) is 7.83. The van der Waals surface area contributed by atoms with E-state index in [9.17, 15) is 4.79 Å². The van der Waals surface area contributed by atoms with E-state index in [1.165, 1.54) is 64.2 Å². The second-order valence-electron chi connectivity index (χ2n) is 9.29. The molecule has 2 saturated heterocycles. The van der Waals surface area contributed by atoms with Crippen LogP contribution in [0.1, 0.15) is 74.8 Å². The first kappa shape index (κ1) is 20.6. The standard InChI is InChI=1S/C23H32N2OS.ClH/c24-22(26)21-23(12-3-4-13-23)15-20-25(21)14-6-11-19(27-20)18-10-5-8-16-7-1-2-9-17(16)18;/h1-2,7,9,18-21H,3-6,8,10-15H2,(H2,24,26);1H/t18-,19?,20?,21?;/m1./s1. The predicted octanol–water partition coefficient (Wildman–Crippen LogP) is 4.87. The quantitative estimate of drug-likeness (QED) is 0.742. The first-order valence-electron chi connectivity index (χ1n) is 11.0. The molecule has 1 aromatic carbocycles. The smallest absolute Gasteiger partial charge is 0.235 e. The third kappa shape index (κ3) is 3.40. The van der Waals surface area contributed by atoms with Gasteiger partial charge in [-0.2, -0.15) is 0 Å². The average molecular weight is 421 g/mol. The van der Waals surface area contributed by atoms with E-state index < -0.39 is 0 Å². The number of hydrogen-bond donors (Lipinski definition) is 1. The number of hydrogen-bond acceptors (Lipinski definition) is 3. The number of fused-ring (bicyclic) bond motifs is 2. The number of halogens is 1. The van der Waals surface area contributed by atoms with Crippen molar-refractivity contribution in [3.8, 4) is 0 Å². The minimum absolute atomic E-state index is 0. The Morgan fingerprint density at radius 1 is 1.11 bits per heavy atom. The maximum absolute atomic E-state index is 12.4. The van der Waals surface area contributed by atoms with Gasteiger partial charge in [0.05, 0.1) is 11.4 Å². The molecule has 0 radical (unpaired) electrons. The number of amides is 1. The van der Waals surface area contributed by atoms with Gasteiger partial charge in [0, 0.05) is 11.8 Å². The van der Waals surface area contributed by atoms with Crippen LogP contribution in [-0.4, -0.2) is 34.0 Å². The SMILES string of the molecule is Cl.NC(=O)C1N2CCCC([C@@H]3CCCc4ccccc43)SC2CC12CCCC2. The first-order valence-corrected chi connectivity index (χ1v) is 11.9. The molecular formula is C23H33ClN2OS. The lowest BCUT2D eigenvalue weighted by Crippen LogP contribution is -2.49. The van der Waals surface area contributed by atoms with Crippen LogP contribution in [0.3, 0.4) is 0 Å². The molecule has 4 atom stereocenters. The minimum atomic E-state index is -0.0681. The molecule has 3 nitrogen and oxygen atoms in total. The summed E-state index contributed by atoms with van der Waals surface area (Å²) in [5, 5.41) is 1.17. The van der Waals surface area contributed by atoms with Crippen LogP contribution >= 0.6 is 24.2 Å². The van der Waals surface area contributed by atoms with Gasteiger partial charge >= 0.3 is 0 Å². The van der Waals surface area contributed by atoms with Gasteiger partial charge in [0.15, 0.2) is 0 Å². The van der Waals surface area contributed by atoms with Crippen molar-refractivity contribution in [1.29, 1.82) is 0 Å². The van der Waals surface area contributed by atoms with Crippen LogP contribution in [0.25, 0.3) is 0 Å². The molecule has 2 aliphatic heterocycles. The van der Waals surface area contributed by atoms with Crippen molar-refractivity contribution in [2.45, 2.75) is 86.8 Å². The maximum atomic E-state index is 12.4. The topological polar surface area (TPSA) is 46.3 Å². The van der Waals surface area contributed by atoms with E-state index in [0.717, 1.165) is 6.54 Å². The van der Waals surface area contributed by atoms with Crippen molar-refractivity contribution in [2.75, 3.05) is 6.54 Å². The number of nitrogens with two attached hydrogens (primary N) is 1. The van der Waals surface area contributed by atoms with Gasteiger partial charge in [-0.05, 0) is 73.8 Å². The van der Waals surface area contributed by atoms with E-state index in [4.69, 9.17) is 5.73 Å². The Kier molecular flexibility index (Phi) is 6.02. The van der Waals surface area contributed by atoms with Gasteiger partial charge in [0.25, 0.3) is 0 Å². The molecule has 5 heteroatoms. The number of benzene rings is 1. The molecule has 5 rings (SSSR count). The highest BCUT2D eigenvalue weighted by atomic mass is 35.5. The Labute approximate surface area is 179 Å². The first-order chi connectivity index (χ1) is 13.2. The Morgan fingerprint density at radius 2 is 1.89 bits per heavy atom. The van der Waals surface area contributed by atoms with Crippen LogP contribution in [0.4, 0.5) is 0 Å². The lowest BCUT2D eigenvalue weighted by molar-refractivity contribution is -0.125. The fraction of sp³-hybridized carbons (Fsp3) is 0.696. The van der Waals surface area contributed by atoms with E-state index in [1.54, 1.807) is 11.1 Å². The van der Waals surface area contributed by atoms with Gasteiger partial charge in [0.1, 0.15) is 0 Å². The fourth-order valence-electron chi connectivity index (χ4n) is 6.73. The zero-order valence-electron chi connectivity index (χ0n) is 16.6. The van der Waals surface area contributed by atoms with Crippen molar-refractivity contribution in [2.24, 2.45) is 11.1 Å². The van der Waals surface area contributed by atoms with Crippen molar-refractivity contribution in [1.82, 2.24) is 4.90 Å². The molecule has 154 valence electrons. The summed E-state index contributed by atoms with van der Waals surface area (Å²) < 4.78 is 0. The zero-order chi connectivity index (χ0) is 18.4. The molecule has 0 bridgehead atoms. The van der Waals surface area contributed by atoms with Crippen molar-refractivity contribution in [3.05, 3.63) is 35.4 Å². The van der Waals surface area contributed by atoms with Crippen LogP contribution in [-0.2, 0) is 11.2 Å². The summed E-state index contributed by atoms with van der Waals surface area (Å²) in [6.45, 7) is 1.05. The van der Waals surface area contributed by atoms with Crippen LogP contribution < -0.4 is 5.73 Å². The molecule has 2 aliphatic carbocycles. The van der Waals surface area contributed by atoms with Gasteiger partial charge < -0.3 is 5.73 Å². The summed E-state index contributed by atoms with van der Waals surface area (Å²) in [5.41, 5.74) is 9.32. The lowest BCUT2D eigenvalue weighted by atomic mass is 9.78. The minimum Gasteiger partial charge on any atom is -0.368 e. The number of aryl methyl sites for hydroxylation is 1. The van der Waals surface area contributed by atoms with Crippen LogP contribution in [0.2, 0.25) is 0 Å². The third-order valence-corrected chi connectivity index (χ3v) is 9.50. The van der Waals surface area contributed by atoms with E-state index >= 15 is 0 Å². The van der Waals surface area contributed by atoms with Crippen molar-refractivity contribution in [3.63, 3.8) is 0 Å². The summed E-state index contributed by atoms with van der Waals surface area (Å²) in [6.07, 6.45) is 12.5. The molecule has 2 N–H and O–H groups in total.